The molecule has 1 aliphatic heterocycles. The van der Waals surface area contributed by atoms with Crippen molar-refractivity contribution in [2.45, 2.75) is 45.2 Å². The summed E-state index contributed by atoms with van der Waals surface area (Å²) in [6.45, 7) is 4.94. The zero-order valence-corrected chi connectivity index (χ0v) is 23.0. The van der Waals surface area contributed by atoms with Gasteiger partial charge in [-0.05, 0) is 60.9 Å². The van der Waals surface area contributed by atoms with E-state index >= 15 is 0 Å². The van der Waals surface area contributed by atoms with Gasteiger partial charge >= 0.3 is 11.8 Å². The van der Waals surface area contributed by atoms with Crippen LogP contribution in [0.5, 0.6) is 0 Å². The third-order valence-corrected chi connectivity index (χ3v) is 7.81. The van der Waals surface area contributed by atoms with Gasteiger partial charge in [-0.1, -0.05) is 44.2 Å². The van der Waals surface area contributed by atoms with Gasteiger partial charge in [-0.25, -0.2) is 4.39 Å². The first kappa shape index (κ1) is 29.2. The minimum Gasteiger partial charge on any atom is -0.350 e. The number of carbonyl (C=O) groups excluding carboxylic acids is 4. The Morgan fingerprint density at radius 1 is 1.02 bits per heavy atom. The monoisotopic (exact) mass is 551 g/mol. The molecule has 1 saturated heterocycles. The van der Waals surface area contributed by atoms with Crippen LogP contribution >= 0.6 is 0 Å². The van der Waals surface area contributed by atoms with Crippen molar-refractivity contribution in [2.75, 3.05) is 31.5 Å². The lowest BCUT2D eigenvalue weighted by molar-refractivity contribution is -0.157. The van der Waals surface area contributed by atoms with Crippen molar-refractivity contribution >= 4 is 29.3 Å². The Morgan fingerprint density at radius 2 is 1.65 bits per heavy atom. The Morgan fingerprint density at radius 3 is 2.30 bits per heavy atom. The van der Waals surface area contributed by atoms with E-state index < -0.39 is 41.5 Å². The molecule has 2 aromatic rings. The van der Waals surface area contributed by atoms with E-state index in [2.05, 4.69) is 17.6 Å². The average Bonchev–Trinajstić information content (AvgIpc) is 3.63. The van der Waals surface area contributed by atoms with Gasteiger partial charge in [0.05, 0.1) is 0 Å². The number of hydrogen-bond donors (Lipinski definition) is 3. The molecule has 214 valence electrons. The molecule has 2 aromatic carbocycles. The lowest BCUT2D eigenvalue weighted by Crippen LogP contribution is -2.58. The highest BCUT2D eigenvalue weighted by Crippen LogP contribution is 2.38. The lowest BCUT2D eigenvalue weighted by atomic mass is 9.92. The van der Waals surface area contributed by atoms with E-state index in [1.54, 1.807) is 11.8 Å². The second-order valence-corrected chi connectivity index (χ2v) is 11.1. The molecule has 40 heavy (non-hydrogen) atoms. The van der Waals surface area contributed by atoms with Crippen LogP contribution in [-0.4, -0.2) is 71.7 Å². The van der Waals surface area contributed by atoms with Crippen molar-refractivity contribution in [1.82, 2.24) is 15.1 Å². The van der Waals surface area contributed by atoms with Crippen LogP contribution in [0.15, 0.2) is 54.6 Å². The highest BCUT2D eigenvalue weighted by molar-refractivity contribution is 6.35. The van der Waals surface area contributed by atoms with Crippen molar-refractivity contribution in [3.63, 3.8) is 0 Å². The first-order chi connectivity index (χ1) is 19.1. The fourth-order valence-electron chi connectivity index (χ4n) is 5.06. The summed E-state index contributed by atoms with van der Waals surface area (Å²) in [5, 5.41) is 5.71. The molecule has 0 aromatic heterocycles. The summed E-state index contributed by atoms with van der Waals surface area (Å²) in [5.41, 5.74) is 7.98. The molecule has 1 aliphatic carbocycles. The fourth-order valence-corrected chi connectivity index (χ4v) is 5.06. The fraction of sp³-hybridized carbons (Fsp3) is 0.467. The number of halogens is 1. The van der Waals surface area contributed by atoms with Crippen LogP contribution in [0.1, 0.15) is 32.3 Å². The van der Waals surface area contributed by atoms with Crippen molar-refractivity contribution in [2.24, 2.45) is 23.5 Å². The summed E-state index contributed by atoms with van der Waals surface area (Å²) in [6, 6.07) is 13.9. The van der Waals surface area contributed by atoms with E-state index in [4.69, 9.17) is 5.73 Å². The maximum Gasteiger partial charge on any atom is 0.312 e. The molecule has 0 spiro atoms. The normalized spacial score (nSPS) is 21.0. The van der Waals surface area contributed by atoms with Gasteiger partial charge in [0.15, 0.2) is 0 Å². The van der Waals surface area contributed by atoms with Crippen molar-refractivity contribution < 1.29 is 23.6 Å². The number of nitrogens with two attached hydrogens (primary N) is 1. The van der Waals surface area contributed by atoms with E-state index in [0.717, 1.165) is 12.0 Å². The molecule has 4 rings (SSSR count). The Labute approximate surface area is 234 Å². The van der Waals surface area contributed by atoms with Crippen LogP contribution in [0.3, 0.4) is 0 Å². The molecule has 0 bridgehead atoms. The second-order valence-electron chi connectivity index (χ2n) is 11.1. The van der Waals surface area contributed by atoms with Crippen LogP contribution in [0.4, 0.5) is 10.1 Å². The van der Waals surface area contributed by atoms with Crippen molar-refractivity contribution in [3.8, 4) is 0 Å². The number of hydrogen-bond acceptors (Lipinski definition) is 5. The highest BCUT2D eigenvalue weighted by Gasteiger charge is 2.40. The van der Waals surface area contributed by atoms with Crippen LogP contribution in [0.25, 0.3) is 0 Å². The number of amides is 4. The van der Waals surface area contributed by atoms with Crippen LogP contribution < -0.4 is 16.4 Å². The molecule has 5 atom stereocenters. The summed E-state index contributed by atoms with van der Waals surface area (Å²) >= 11 is 0. The van der Waals surface area contributed by atoms with Gasteiger partial charge in [-0.3, -0.25) is 19.2 Å². The van der Waals surface area contributed by atoms with E-state index in [1.165, 1.54) is 29.2 Å². The summed E-state index contributed by atoms with van der Waals surface area (Å²) < 4.78 is 13.2. The smallest absolute Gasteiger partial charge is 0.312 e. The molecule has 1 heterocycles. The molecule has 2 aliphatic rings. The molecular weight excluding hydrogens is 513 g/mol. The number of nitrogens with one attached hydrogen (secondary N) is 2. The number of carbonyl (C=O) groups is 4. The van der Waals surface area contributed by atoms with E-state index in [0.29, 0.717) is 43.6 Å². The first-order valence-corrected chi connectivity index (χ1v) is 13.8. The predicted molar refractivity (Wildman–Crippen MR) is 149 cm³/mol. The van der Waals surface area contributed by atoms with Gasteiger partial charge in [0, 0.05) is 43.3 Å². The topological polar surface area (TPSA) is 125 Å². The maximum atomic E-state index is 13.2. The van der Waals surface area contributed by atoms with Gasteiger partial charge in [0.1, 0.15) is 12.4 Å². The summed E-state index contributed by atoms with van der Waals surface area (Å²) in [5.74, 6) is -1.76. The van der Waals surface area contributed by atoms with Gasteiger partial charge in [0.25, 0.3) is 0 Å². The second kappa shape index (κ2) is 13.0. The molecule has 2 unspecified atom stereocenters. The number of piperazine rings is 1. The third kappa shape index (κ3) is 7.88. The quantitative estimate of drug-likeness (QED) is 0.349. The molecule has 9 nitrogen and oxygen atoms in total. The minimum absolute atomic E-state index is 0.239. The highest BCUT2D eigenvalue weighted by atomic mass is 19.1. The zero-order chi connectivity index (χ0) is 28.8. The SMILES string of the molecule is CC1CC1CN1CCN(CC(=O)N[C@@H](Cc2ccccc2)[C@@H](N)C[C@@H](C)C(=O)Nc2ccc(F)cc2)C(=O)C1=O. The molecular formula is C30H38FN5O4. The summed E-state index contributed by atoms with van der Waals surface area (Å²) in [4.78, 5) is 54.0. The predicted octanol–water partition coefficient (Wildman–Crippen LogP) is 2.17. The van der Waals surface area contributed by atoms with E-state index in [1.807, 2.05) is 30.3 Å². The Kier molecular flexibility index (Phi) is 9.52. The van der Waals surface area contributed by atoms with Crippen molar-refractivity contribution in [1.29, 1.82) is 0 Å². The summed E-state index contributed by atoms with van der Waals surface area (Å²) in [7, 11) is 0. The average molecular weight is 552 g/mol. The van der Waals surface area contributed by atoms with Gasteiger partial charge in [0.2, 0.25) is 11.8 Å². The standard InChI is InChI=1S/C30H38FN5O4/c1-19-14-22(19)17-35-12-13-36(30(40)29(35)39)18-27(37)34-26(16-21-6-4-3-5-7-21)25(32)15-20(2)28(38)33-24-10-8-23(31)9-11-24/h3-11,19-20,22,25-26H,12-18,32H2,1-2H3,(H,33,38)(H,34,37)/t19?,20-,22?,25+,26+/m1/s1. The molecule has 0 radical (unpaired) electrons. The van der Waals surface area contributed by atoms with Gasteiger partial charge < -0.3 is 26.2 Å². The third-order valence-electron chi connectivity index (χ3n) is 7.81. The summed E-state index contributed by atoms with van der Waals surface area (Å²) in [6.07, 6.45) is 1.78. The van der Waals surface area contributed by atoms with Crippen LogP contribution in [0, 0.1) is 23.6 Å². The lowest BCUT2D eigenvalue weighted by Gasteiger charge is -2.34. The molecule has 1 saturated carbocycles. The van der Waals surface area contributed by atoms with Crippen LogP contribution in [0.2, 0.25) is 0 Å². The van der Waals surface area contributed by atoms with Gasteiger partial charge in [-0.2, -0.15) is 0 Å². The van der Waals surface area contributed by atoms with Crippen LogP contribution in [-0.2, 0) is 25.6 Å². The van der Waals surface area contributed by atoms with Gasteiger partial charge in [-0.15, -0.1) is 0 Å². The number of anilines is 1. The minimum atomic E-state index is -0.662. The molecule has 4 amide bonds. The van der Waals surface area contributed by atoms with E-state index in [9.17, 15) is 23.6 Å². The Bertz CT molecular complexity index is 1210. The van der Waals surface area contributed by atoms with Crippen molar-refractivity contribution in [3.05, 3.63) is 66.0 Å². The maximum absolute atomic E-state index is 13.2. The van der Waals surface area contributed by atoms with E-state index in [-0.39, 0.29) is 18.9 Å². The number of rotatable bonds is 12. The molecule has 4 N–H and O–H groups in total. The number of nitrogens with zero attached hydrogens (tertiary/aromatic N) is 2. The Hall–Kier alpha value is -3.79. The number of benzene rings is 2. The Balaban J connectivity index is 1.35. The zero-order valence-electron chi connectivity index (χ0n) is 23.0. The molecule has 2 fully saturated rings. The largest absolute Gasteiger partial charge is 0.350 e. The molecule has 10 heteroatoms. The first-order valence-electron chi connectivity index (χ1n) is 13.8.